The molecule has 1 aliphatic rings. The minimum atomic E-state index is -1.90. The molecule has 1 heterocycles. The van der Waals surface area contributed by atoms with Crippen LogP contribution in [0.2, 0.25) is 0 Å². The molecule has 190 valence electrons. The van der Waals surface area contributed by atoms with Crippen LogP contribution in [0.3, 0.4) is 0 Å². The Balaban J connectivity index is 1.60. The fraction of sp³-hybridized carbons (Fsp3) is 0.333. The number of hydrogen-bond acceptors (Lipinski definition) is 6. The van der Waals surface area contributed by atoms with E-state index in [-0.39, 0.29) is 19.0 Å². The highest BCUT2D eigenvalue weighted by atomic mass is 16.7. The summed E-state index contributed by atoms with van der Waals surface area (Å²) in [5.41, 5.74) is 2.98. The zero-order valence-electron chi connectivity index (χ0n) is 20.6. The molecular formula is C30H34O6. The molecule has 1 N–H and O–H groups in total. The molecule has 6 nitrogen and oxygen atoms in total. The second kappa shape index (κ2) is 12.8. The summed E-state index contributed by atoms with van der Waals surface area (Å²) in [6.45, 7) is 7.12. The molecule has 1 fully saturated rings. The van der Waals surface area contributed by atoms with E-state index in [1.165, 1.54) is 0 Å². The van der Waals surface area contributed by atoms with E-state index in [4.69, 9.17) is 23.7 Å². The standard InChI is InChI=1S/C30H34O6/c1-3-32-23(2)30(31)29(35-21-26-17-11-6-12-18-26)28(34-20-25-15-9-5-10-16-25)27(22-36-30)33-19-24-13-7-4-8-14-24/h4-18,27-29,31H,2-3,19-22H2,1H3/t27-,28-,29+,30?/m0/s1. The molecule has 3 aromatic carbocycles. The van der Waals surface area contributed by atoms with Gasteiger partial charge in [-0.15, -0.1) is 0 Å². The Bertz CT molecular complexity index is 1060. The normalized spacial score (nSPS) is 23.8. The van der Waals surface area contributed by atoms with Crippen LogP contribution in [0.15, 0.2) is 103 Å². The van der Waals surface area contributed by atoms with Crippen molar-refractivity contribution in [3.05, 3.63) is 120 Å². The van der Waals surface area contributed by atoms with Crippen molar-refractivity contribution in [3.63, 3.8) is 0 Å². The van der Waals surface area contributed by atoms with Crippen molar-refractivity contribution in [2.45, 2.75) is 50.8 Å². The molecule has 36 heavy (non-hydrogen) atoms. The van der Waals surface area contributed by atoms with Gasteiger partial charge in [-0.05, 0) is 23.6 Å². The van der Waals surface area contributed by atoms with Gasteiger partial charge in [-0.3, -0.25) is 0 Å². The Morgan fingerprint density at radius 1 is 0.806 bits per heavy atom. The fourth-order valence-electron chi connectivity index (χ4n) is 4.17. The second-order valence-electron chi connectivity index (χ2n) is 8.68. The van der Waals surface area contributed by atoms with Crippen molar-refractivity contribution in [1.29, 1.82) is 0 Å². The topological polar surface area (TPSA) is 66.4 Å². The quantitative estimate of drug-likeness (QED) is 0.360. The van der Waals surface area contributed by atoms with Crippen molar-refractivity contribution in [1.82, 2.24) is 0 Å². The molecule has 1 unspecified atom stereocenters. The Hall–Kier alpha value is -3.00. The number of ether oxygens (including phenoxy) is 5. The molecule has 0 spiro atoms. The van der Waals surface area contributed by atoms with Gasteiger partial charge in [-0.2, -0.15) is 0 Å². The van der Waals surface area contributed by atoms with Crippen LogP contribution in [0.1, 0.15) is 23.6 Å². The van der Waals surface area contributed by atoms with Gasteiger partial charge in [0.1, 0.15) is 18.3 Å². The summed E-state index contributed by atoms with van der Waals surface area (Å²) in [4.78, 5) is 0. The molecule has 4 rings (SSSR count). The predicted octanol–water partition coefficient (Wildman–Crippen LogP) is 5.01. The van der Waals surface area contributed by atoms with Gasteiger partial charge in [0.05, 0.1) is 33.0 Å². The van der Waals surface area contributed by atoms with E-state index < -0.39 is 24.1 Å². The maximum absolute atomic E-state index is 11.7. The van der Waals surface area contributed by atoms with Crippen LogP contribution in [-0.2, 0) is 43.5 Å². The van der Waals surface area contributed by atoms with E-state index in [0.717, 1.165) is 16.7 Å². The lowest BCUT2D eigenvalue weighted by atomic mass is 9.94. The van der Waals surface area contributed by atoms with Crippen molar-refractivity contribution >= 4 is 0 Å². The molecule has 0 radical (unpaired) electrons. The highest BCUT2D eigenvalue weighted by molar-refractivity contribution is 5.17. The SMILES string of the molecule is C=C(OCC)C1(O)OC[C@H](OCc2ccccc2)[C@H](OCc2ccccc2)[C@H]1OCc1ccccc1. The lowest BCUT2D eigenvalue weighted by Gasteiger charge is -2.46. The first kappa shape index (κ1) is 26.1. The molecule has 4 atom stereocenters. The molecule has 0 bridgehead atoms. The largest absolute Gasteiger partial charge is 0.493 e. The van der Waals surface area contributed by atoms with Gasteiger partial charge in [-0.1, -0.05) is 97.6 Å². The lowest BCUT2D eigenvalue weighted by Crippen LogP contribution is -2.64. The van der Waals surface area contributed by atoms with Crippen LogP contribution in [0, 0.1) is 0 Å². The second-order valence-corrected chi connectivity index (χ2v) is 8.68. The molecule has 0 aliphatic carbocycles. The lowest BCUT2D eigenvalue weighted by molar-refractivity contribution is -0.338. The number of rotatable bonds is 12. The van der Waals surface area contributed by atoms with Crippen LogP contribution < -0.4 is 0 Å². The Morgan fingerprint density at radius 2 is 1.28 bits per heavy atom. The smallest absolute Gasteiger partial charge is 0.254 e. The molecule has 1 aliphatic heterocycles. The van der Waals surface area contributed by atoms with E-state index >= 15 is 0 Å². The van der Waals surface area contributed by atoms with E-state index in [1.54, 1.807) is 0 Å². The van der Waals surface area contributed by atoms with Crippen molar-refractivity contribution in [2.24, 2.45) is 0 Å². The summed E-state index contributed by atoms with van der Waals surface area (Å²) in [5, 5.41) is 11.7. The van der Waals surface area contributed by atoms with Gasteiger partial charge < -0.3 is 28.8 Å². The van der Waals surface area contributed by atoms with E-state index in [0.29, 0.717) is 19.8 Å². The van der Waals surface area contributed by atoms with Crippen LogP contribution in [0.4, 0.5) is 0 Å². The Morgan fingerprint density at radius 3 is 1.78 bits per heavy atom. The monoisotopic (exact) mass is 490 g/mol. The van der Waals surface area contributed by atoms with Gasteiger partial charge in [0.25, 0.3) is 5.79 Å². The van der Waals surface area contributed by atoms with Crippen molar-refractivity contribution < 1.29 is 28.8 Å². The van der Waals surface area contributed by atoms with Crippen LogP contribution in [0.5, 0.6) is 0 Å². The van der Waals surface area contributed by atoms with E-state index in [1.807, 2.05) is 97.9 Å². The zero-order chi connectivity index (χ0) is 25.2. The Labute approximate surface area is 213 Å². The molecule has 0 amide bonds. The highest BCUT2D eigenvalue weighted by Gasteiger charge is 2.55. The summed E-state index contributed by atoms with van der Waals surface area (Å²) in [6.07, 6.45) is -2.10. The van der Waals surface area contributed by atoms with Crippen LogP contribution in [-0.4, -0.2) is 42.4 Å². The van der Waals surface area contributed by atoms with Crippen LogP contribution >= 0.6 is 0 Å². The first-order chi connectivity index (χ1) is 17.6. The fourth-order valence-corrected chi connectivity index (χ4v) is 4.17. The first-order valence-corrected chi connectivity index (χ1v) is 12.2. The third-order valence-electron chi connectivity index (χ3n) is 6.10. The summed E-state index contributed by atoms with van der Waals surface area (Å²) in [7, 11) is 0. The highest BCUT2D eigenvalue weighted by Crippen LogP contribution is 2.36. The van der Waals surface area contributed by atoms with Gasteiger partial charge in [-0.25, -0.2) is 0 Å². The Kier molecular flexibility index (Phi) is 9.28. The maximum atomic E-state index is 11.7. The predicted molar refractivity (Wildman–Crippen MR) is 137 cm³/mol. The minimum Gasteiger partial charge on any atom is -0.493 e. The van der Waals surface area contributed by atoms with Gasteiger partial charge in [0.2, 0.25) is 0 Å². The average molecular weight is 491 g/mol. The zero-order valence-corrected chi connectivity index (χ0v) is 20.6. The molecular weight excluding hydrogens is 456 g/mol. The average Bonchev–Trinajstić information content (AvgIpc) is 2.92. The van der Waals surface area contributed by atoms with Gasteiger partial charge >= 0.3 is 0 Å². The summed E-state index contributed by atoms with van der Waals surface area (Å²) < 4.78 is 30.6. The minimum absolute atomic E-state index is 0.0814. The molecule has 6 heteroatoms. The van der Waals surface area contributed by atoms with Crippen molar-refractivity contribution in [2.75, 3.05) is 13.2 Å². The number of benzene rings is 3. The van der Waals surface area contributed by atoms with E-state index in [2.05, 4.69) is 6.58 Å². The van der Waals surface area contributed by atoms with Gasteiger partial charge in [0, 0.05) is 0 Å². The third-order valence-corrected chi connectivity index (χ3v) is 6.10. The first-order valence-electron chi connectivity index (χ1n) is 12.2. The third kappa shape index (κ3) is 6.60. The molecule has 0 saturated carbocycles. The van der Waals surface area contributed by atoms with Crippen molar-refractivity contribution in [3.8, 4) is 0 Å². The summed E-state index contributed by atoms with van der Waals surface area (Å²) in [5.74, 6) is -1.82. The van der Waals surface area contributed by atoms with Gasteiger partial charge in [0.15, 0.2) is 5.76 Å². The maximum Gasteiger partial charge on any atom is 0.254 e. The molecule has 0 aromatic heterocycles. The summed E-state index contributed by atoms with van der Waals surface area (Å²) >= 11 is 0. The number of aliphatic hydroxyl groups is 1. The van der Waals surface area contributed by atoms with Crippen LogP contribution in [0.25, 0.3) is 0 Å². The number of hydrogen-bond donors (Lipinski definition) is 1. The molecule has 3 aromatic rings. The molecule has 1 saturated heterocycles. The summed E-state index contributed by atoms with van der Waals surface area (Å²) in [6, 6.07) is 29.5. The van der Waals surface area contributed by atoms with E-state index in [9.17, 15) is 5.11 Å².